The van der Waals surface area contributed by atoms with Gasteiger partial charge in [0.25, 0.3) is 0 Å². The zero-order chi connectivity index (χ0) is 15.6. The van der Waals surface area contributed by atoms with E-state index in [1.165, 1.54) is 5.56 Å². The van der Waals surface area contributed by atoms with E-state index in [2.05, 4.69) is 54.7 Å². The van der Waals surface area contributed by atoms with Crippen LogP contribution in [0.4, 0.5) is 0 Å². The van der Waals surface area contributed by atoms with Crippen molar-refractivity contribution in [2.24, 2.45) is 5.92 Å². The van der Waals surface area contributed by atoms with Crippen molar-refractivity contribution >= 4 is 17.2 Å². The molecule has 2 rings (SSSR count). The van der Waals surface area contributed by atoms with E-state index in [0.717, 1.165) is 19.3 Å². The predicted molar refractivity (Wildman–Crippen MR) is 89.3 cm³/mol. The van der Waals surface area contributed by atoms with Crippen LogP contribution < -0.4 is 5.32 Å². The van der Waals surface area contributed by atoms with Gasteiger partial charge in [-0.05, 0) is 48.6 Å². The summed E-state index contributed by atoms with van der Waals surface area (Å²) in [6, 6.07) is 2.39. The summed E-state index contributed by atoms with van der Waals surface area (Å²) in [5.74, 6) is 0.802. The van der Waals surface area contributed by atoms with Crippen LogP contribution in [0.5, 0.6) is 0 Å². The Morgan fingerprint density at radius 2 is 2.05 bits per heavy atom. The number of thiophene rings is 1. The lowest BCUT2D eigenvalue weighted by Crippen LogP contribution is -2.45. The van der Waals surface area contributed by atoms with Crippen LogP contribution in [-0.4, -0.2) is 22.4 Å². The van der Waals surface area contributed by atoms with Crippen molar-refractivity contribution in [2.75, 3.05) is 0 Å². The second kappa shape index (κ2) is 6.49. The molecule has 1 amide bonds. The average Bonchev–Trinajstić information content (AvgIpc) is 3.08. The first-order chi connectivity index (χ1) is 9.98. The molecule has 118 valence electrons. The maximum Gasteiger partial charge on any atom is 0.244 e. The molecule has 0 aliphatic carbocycles. The Balaban J connectivity index is 2.36. The van der Waals surface area contributed by atoms with Crippen LogP contribution in [0.2, 0.25) is 0 Å². The van der Waals surface area contributed by atoms with Gasteiger partial charge in [-0.1, -0.05) is 33.6 Å². The van der Waals surface area contributed by atoms with Crippen LogP contribution in [0.15, 0.2) is 16.8 Å². The SMILES string of the molecule is CCC(CC)C(C)N1C(=O)C(C)(CC)NC1c1ccsc1. The van der Waals surface area contributed by atoms with Crippen molar-refractivity contribution in [1.29, 1.82) is 0 Å². The number of nitrogens with one attached hydrogen (secondary N) is 1. The van der Waals surface area contributed by atoms with Crippen molar-refractivity contribution in [3.05, 3.63) is 22.4 Å². The summed E-state index contributed by atoms with van der Waals surface area (Å²) in [4.78, 5) is 15.1. The van der Waals surface area contributed by atoms with E-state index in [1.54, 1.807) is 11.3 Å². The van der Waals surface area contributed by atoms with Crippen LogP contribution >= 0.6 is 11.3 Å². The zero-order valence-corrected chi connectivity index (χ0v) is 14.7. The molecule has 21 heavy (non-hydrogen) atoms. The molecule has 0 aromatic carbocycles. The number of hydrogen-bond acceptors (Lipinski definition) is 3. The van der Waals surface area contributed by atoms with Crippen LogP contribution in [0, 0.1) is 5.92 Å². The molecule has 1 aliphatic rings. The highest BCUT2D eigenvalue weighted by atomic mass is 32.1. The fraction of sp³-hybridized carbons (Fsp3) is 0.706. The minimum atomic E-state index is -0.438. The summed E-state index contributed by atoms with van der Waals surface area (Å²) in [5, 5.41) is 7.82. The standard InChI is InChI=1S/C17H28N2OS/c1-6-13(7-2)12(4)19-15(14-9-10-21-11-14)18-17(5,8-3)16(19)20/h9-13,15,18H,6-8H2,1-5H3. The van der Waals surface area contributed by atoms with Gasteiger partial charge in [-0.3, -0.25) is 10.1 Å². The van der Waals surface area contributed by atoms with E-state index in [-0.39, 0.29) is 18.1 Å². The number of amides is 1. The molecule has 3 unspecified atom stereocenters. The molecule has 0 radical (unpaired) electrons. The van der Waals surface area contributed by atoms with Gasteiger partial charge in [0.2, 0.25) is 5.91 Å². The summed E-state index contributed by atoms with van der Waals surface area (Å²) >= 11 is 1.69. The average molecular weight is 308 g/mol. The van der Waals surface area contributed by atoms with Crippen LogP contribution in [0.1, 0.15) is 65.6 Å². The molecule has 1 aromatic rings. The predicted octanol–water partition coefficient (Wildman–Crippen LogP) is 4.17. The lowest BCUT2D eigenvalue weighted by molar-refractivity contribution is -0.136. The van der Waals surface area contributed by atoms with Gasteiger partial charge >= 0.3 is 0 Å². The monoisotopic (exact) mass is 308 g/mol. The number of carbonyl (C=O) groups is 1. The van der Waals surface area contributed by atoms with Gasteiger partial charge in [-0.25, -0.2) is 0 Å². The Kier molecular flexibility index (Phi) is 5.10. The highest BCUT2D eigenvalue weighted by Gasteiger charge is 2.49. The number of nitrogens with zero attached hydrogens (tertiary/aromatic N) is 1. The van der Waals surface area contributed by atoms with E-state index < -0.39 is 5.54 Å². The van der Waals surface area contributed by atoms with Gasteiger partial charge in [0.05, 0.1) is 5.54 Å². The maximum atomic E-state index is 13.0. The Bertz CT molecular complexity index is 469. The van der Waals surface area contributed by atoms with Gasteiger partial charge in [0.1, 0.15) is 6.17 Å². The van der Waals surface area contributed by atoms with E-state index in [4.69, 9.17) is 0 Å². The second-order valence-corrected chi connectivity index (χ2v) is 7.10. The molecule has 2 heterocycles. The van der Waals surface area contributed by atoms with E-state index in [9.17, 15) is 4.79 Å². The normalized spacial score (nSPS) is 27.6. The van der Waals surface area contributed by atoms with Gasteiger partial charge in [0.15, 0.2) is 0 Å². The molecule has 3 nitrogen and oxygen atoms in total. The van der Waals surface area contributed by atoms with Crippen LogP contribution in [-0.2, 0) is 4.79 Å². The molecule has 1 aromatic heterocycles. The number of hydrogen-bond donors (Lipinski definition) is 1. The first-order valence-corrected chi connectivity index (χ1v) is 9.05. The molecule has 1 N–H and O–H groups in total. The summed E-state index contributed by atoms with van der Waals surface area (Å²) in [6.07, 6.45) is 3.06. The summed E-state index contributed by atoms with van der Waals surface area (Å²) in [6.45, 7) is 10.8. The quantitative estimate of drug-likeness (QED) is 0.855. The fourth-order valence-corrected chi connectivity index (χ4v) is 4.06. The smallest absolute Gasteiger partial charge is 0.244 e. The molecule has 3 atom stereocenters. The molecule has 0 saturated carbocycles. The third-order valence-electron chi connectivity index (χ3n) is 5.18. The number of carbonyl (C=O) groups excluding carboxylic acids is 1. The van der Waals surface area contributed by atoms with Crippen molar-refractivity contribution in [3.8, 4) is 0 Å². The zero-order valence-electron chi connectivity index (χ0n) is 13.8. The van der Waals surface area contributed by atoms with Crippen LogP contribution in [0.25, 0.3) is 0 Å². The summed E-state index contributed by atoms with van der Waals surface area (Å²) < 4.78 is 0. The minimum Gasteiger partial charge on any atom is -0.318 e. The largest absolute Gasteiger partial charge is 0.318 e. The molecule has 1 aliphatic heterocycles. The van der Waals surface area contributed by atoms with E-state index in [0.29, 0.717) is 5.92 Å². The lowest BCUT2D eigenvalue weighted by Gasteiger charge is -2.35. The Morgan fingerprint density at radius 3 is 2.52 bits per heavy atom. The highest BCUT2D eigenvalue weighted by molar-refractivity contribution is 7.07. The molecule has 0 spiro atoms. The Morgan fingerprint density at radius 1 is 1.38 bits per heavy atom. The molecule has 4 heteroatoms. The Hall–Kier alpha value is -0.870. The first-order valence-electron chi connectivity index (χ1n) is 8.11. The van der Waals surface area contributed by atoms with Gasteiger partial charge in [-0.2, -0.15) is 11.3 Å². The van der Waals surface area contributed by atoms with Gasteiger partial charge in [-0.15, -0.1) is 0 Å². The minimum absolute atomic E-state index is 0.0179. The first kappa shape index (κ1) is 16.5. The maximum absolute atomic E-state index is 13.0. The topological polar surface area (TPSA) is 32.3 Å². The molecule has 1 fully saturated rings. The third kappa shape index (κ3) is 2.88. The van der Waals surface area contributed by atoms with Crippen molar-refractivity contribution < 1.29 is 4.79 Å². The Labute approximate surface area is 132 Å². The highest BCUT2D eigenvalue weighted by Crippen LogP contribution is 2.37. The van der Waals surface area contributed by atoms with Gasteiger partial charge < -0.3 is 4.90 Å². The number of rotatable bonds is 6. The summed E-state index contributed by atoms with van der Waals surface area (Å²) in [7, 11) is 0. The molecular weight excluding hydrogens is 280 g/mol. The second-order valence-electron chi connectivity index (χ2n) is 6.32. The lowest BCUT2D eigenvalue weighted by atomic mass is 9.92. The van der Waals surface area contributed by atoms with Crippen molar-refractivity contribution in [3.63, 3.8) is 0 Å². The molecule has 1 saturated heterocycles. The molecular formula is C17H28N2OS. The van der Waals surface area contributed by atoms with Crippen molar-refractivity contribution in [2.45, 2.75) is 71.6 Å². The molecule has 0 bridgehead atoms. The van der Waals surface area contributed by atoms with Crippen LogP contribution in [0.3, 0.4) is 0 Å². The van der Waals surface area contributed by atoms with E-state index >= 15 is 0 Å². The fourth-order valence-electron chi connectivity index (χ4n) is 3.38. The van der Waals surface area contributed by atoms with Crippen molar-refractivity contribution in [1.82, 2.24) is 10.2 Å². The summed E-state index contributed by atoms with van der Waals surface area (Å²) in [5.41, 5.74) is 0.774. The van der Waals surface area contributed by atoms with E-state index in [1.807, 2.05) is 6.92 Å². The third-order valence-corrected chi connectivity index (χ3v) is 5.88. The van der Waals surface area contributed by atoms with Gasteiger partial charge in [0, 0.05) is 6.04 Å².